The van der Waals surface area contributed by atoms with Gasteiger partial charge in [0.25, 0.3) is 11.8 Å². The number of aromatic nitrogens is 2. The first-order valence-corrected chi connectivity index (χ1v) is 13.7. The smallest absolute Gasteiger partial charge is 0.435 e. The van der Waals surface area contributed by atoms with Crippen LogP contribution in [0.15, 0.2) is 35.2 Å². The van der Waals surface area contributed by atoms with Crippen molar-refractivity contribution in [2.24, 2.45) is 0 Å². The molecule has 208 valence electrons. The van der Waals surface area contributed by atoms with Gasteiger partial charge in [0.15, 0.2) is 15.5 Å². The molecule has 1 saturated carbocycles. The SMILES string of the molecule is Cc1cc(C2(O)CCC2)c(F)c(C)c1Oc1nnc(C(F)(F)F)c(C)c1C(=O)Nc1cccc(S(C)(=O)=O)c1. The molecule has 13 heteroatoms. The molecule has 1 fully saturated rings. The molecule has 1 aromatic heterocycles. The Labute approximate surface area is 222 Å². The molecule has 1 aliphatic carbocycles. The van der Waals surface area contributed by atoms with E-state index in [2.05, 4.69) is 15.5 Å². The molecule has 0 saturated heterocycles. The Morgan fingerprint density at radius 1 is 1.10 bits per heavy atom. The van der Waals surface area contributed by atoms with E-state index >= 15 is 4.39 Å². The van der Waals surface area contributed by atoms with Gasteiger partial charge in [-0.2, -0.15) is 13.2 Å². The second-order valence-electron chi connectivity index (χ2n) is 9.60. The minimum absolute atomic E-state index is 0.00449. The summed E-state index contributed by atoms with van der Waals surface area (Å²) >= 11 is 0. The van der Waals surface area contributed by atoms with Crippen LogP contribution < -0.4 is 10.1 Å². The first kappa shape index (κ1) is 28.4. The van der Waals surface area contributed by atoms with E-state index in [1.54, 1.807) is 6.92 Å². The third-order valence-electron chi connectivity index (χ3n) is 6.71. The number of aryl methyl sites for hydroxylation is 1. The Kier molecular flexibility index (Phi) is 7.19. The van der Waals surface area contributed by atoms with Crippen LogP contribution in [0, 0.1) is 26.6 Å². The van der Waals surface area contributed by atoms with Crippen LogP contribution in [0.2, 0.25) is 0 Å². The van der Waals surface area contributed by atoms with E-state index in [-0.39, 0.29) is 27.5 Å². The second-order valence-corrected chi connectivity index (χ2v) is 11.6. The van der Waals surface area contributed by atoms with Gasteiger partial charge < -0.3 is 15.2 Å². The van der Waals surface area contributed by atoms with E-state index in [4.69, 9.17) is 4.74 Å². The van der Waals surface area contributed by atoms with Gasteiger partial charge in [0, 0.05) is 23.1 Å². The summed E-state index contributed by atoms with van der Waals surface area (Å²) in [5.74, 6) is -2.53. The summed E-state index contributed by atoms with van der Waals surface area (Å²) in [4.78, 5) is 13.2. The zero-order valence-corrected chi connectivity index (χ0v) is 22.2. The van der Waals surface area contributed by atoms with E-state index in [1.807, 2.05) is 0 Å². The average Bonchev–Trinajstić information content (AvgIpc) is 2.81. The predicted molar refractivity (Wildman–Crippen MR) is 133 cm³/mol. The molecule has 3 aromatic rings. The van der Waals surface area contributed by atoms with E-state index in [9.17, 15) is 31.5 Å². The van der Waals surface area contributed by atoms with Gasteiger partial charge >= 0.3 is 6.18 Å². The highest BCUT2D eigenvalue weighted by Crippen LogP contribution is 2.45. The molecule has 0 atom stereocenters. The molecular formula is C26H25F4N3O5S. The number of hydrogen-bond donors (Lipinski definition) is 2. The summed E-state index contributed by atoms with van der Waals surface area (Å²) in [5, 5.41) is 19.8. The number of halogens is 4. The van der Waals surface area contributed by atoms with E-state index in [0.29, 0.717) is 18.4 Å². The van der Waals surface area contributed by atoms with Crippen LogP contribution in [0.25, 0.3) is 0 Å². The quantitative estimate of drug-likeness (QED) is 0.384. The lowest BCUT2D eigenvalue weighted by atomic mass is 9.74. The molecule has 0 spiro atoms. The van der Waals surface area contributed by atoms with E-state index < -0.39 is 56.0 Å². The van der Waals surface area contributed by atoms with Gasteiger partial charge in [0.05, 0.1) is 10.5 Å². The fourth-order valence-corrected chi connectivity index (χ4v) is 5.09. The minimum atomic E-state index is -4.95. The normalized spacial score (nSPS) is 15.0. The van der Waals surface area contributed by atoms with Gasteiger partial charge in [-0.3, -0.25) is 4.79 Å². The van der Waals surface area contributed by atoms with Gasteiger partial charge in [-0.15, -0.1) is 10.2 Å². The summed E-state index contributed by atoms with van der Waals surface area (Å²) in [7, 11) is -3.63. The average molecular weight is 568 g/mol. The standard InChI is InChI=1S/C26H25F4N3O5S/c1-13-11-18(25(35)9-6-10-25)20(27)15(3)21(13)38-24-19(14(2)22(32-33-24)26(28,29)30)23(34)31-16-7-5-8-17(12-16)39(4,36)37/h5,7-8,11-12,35H,6,9-10H2,1-4H3,(H,31,34). The van der Waals surface area contributed by atoms with Crippen molar-refractivity contribution in [3.8, 4) is 11.6 Å². The number of anilines is 1. The van der Waals surface area contributed by atoms with Crippen LogP contribution in [-0.2, 0) is 21.6 Å². The number of amides is 1. The summed E-state index contributed by atoms with van der Waals surface area (Å²) in [6.07, 6.45) is -2.48. The maximum absolute atomic E-state index is 15.3. The van der Waals surface area contributed by atoms with Crippen LogP contribution in [-0.4, -0.2) is 35.9 Å². The number of nitrogens with one attached hydrogen (secondary N) is 1. The van der Waals surface area contributed by atoms with Crippen LogP contribution in [0.5, 0.6) is 11.6 Å². The van der Waals surface area contributed by atoms with E-state index in [1.165, 1.54) is 31.2 Å². The van der Waals surface area contributed by atoms with Crippen LogP contribution in [0.3, 0.4) is 0 Å². The molecule has 1 amide bonds. The Bertz CT molecular complexity index is 1590. The molecule has 39 heavy (non-hydrogen) atoms. The fraction of sp³-hybridized carbons (Fsp3) is 0.346. The number of aliphatic hydroxyl groups is 1. The molecule has 4 rings (SSSR count). The third-order valence-corrected chi connectivity index (χ3v) is 7.82. The molecular weight excluding hydrogens is 542 g/mol. The largest absolute Gasteiger partial charge is 0.436 e. The Morgan fingerprint density at radius 3 is 2.33 bits per heavy atom. The van der Waals surface area contributed by atoms with Crippen LogP contribution in [0.4, 0.5) is 23.2 Å². The molecule has 0 radical (unpaired) electrons. The number of benzene rings is 2. The number of ether oxygens (including phenoxy) is 1. The molecule has 1 heterocycles. The van der Waals surface area contributed by atoms with Crippen molar-refractivity contribution < 1.29 is 40.6 Å². The second kappa shape index (κ2) is 9.87. The van der Waals surface area contributed by atoms with Gasteiger partial charge in [-0.05, 0) is 75.4 Å². The fourth-order valence-electron chi connectivity index (χ4n) is 4.42. The molecule has 0 bridgehead atoms. The molecule has 0 unspecified atom stereocenters. The predicted octanol–water partition coefficient (Wildman–Crippen LogP) is 5.38. The Hall–Kier alpha value is -3.58. The van der Waals surface area contributed by atoms with Crippen LogP contribution in [0.1, 0.15) is 57.6 Å². The van der Waals surface area contributed by atoms with E-state index in [0.717, 1.165) is 25.7 Å². The maximum atomic E-state index is 15.3. The molecule has 8 nitrogen and oxygen atoms in total. The van der Waals surface area contributed by atoms with Gasteiger partial charge in [-0.25, -0.2) is 12.8 Å². The van der Waals surface area contributed by atoms with Crippen molar-refractivity contribution >= 4 is 21.4 Å². The third kappa shape index (κ3) is 5.46. The van der Waals surface area contributed by atoms with Gasteiger partial charge in [0.1, 0.15) is 17.1 Å². The highest BCUT2D eigenvalue weighted by atomic mass is 32.2. The number of sulfone groups is 1. The van der Waals surface area contributed by atoms with Gasteiger partial charge in [-0.1, -0.05) is 6.07 Å². The highest BCUT2D eigenvalue weighted by molar-refractivity contribution is 7.90. The maximum Gasteiger partial charge on any atom is 0.435 e. The summed E-state index contributed by atoms with van der Waals surface area (Å²) in [6, 6.07) is 6.56. The van der Waals surface area contributed by atoms with Crippen molar-refractivity contribution in [1.29, 1.82) is 0 Å². The van der Waals surface area contributed by atoms with Crippen molar-refractivity contribution in [3.05, 3.63) is 69.7 Å². The zero-order chi connectivity index (χ0) is 28.9. The minimum Gasteiger partial charge on any atom is -0.436 e. The van der Waals surface area contributed by atoms with Crippen LogP contribution >= 0.6 is 0 Å². The summed E-state index contributed by atoms with van der Waals surface area (Å²) in [5.41, 5.74) is -3.54. The lowest BCUT2D eigenvalue weighted by molar-refractivity contribution is -0.142. The topological polar surface area (TPSA) is 118 Å². The molecule has 2 aromatic carbocycles. The van der Waals surface area contributed by atoms with Crippen molar-refractivity contribution in [2.45, 2.75) is 56.7 Å². The van der Waals surface area contributed by atoms with Gasteiger partial charge in [0.2, 0.25) is 0 Å². The monoisotopic (exact) mass is 567 g/mol. The molecule has 1 aliphatic rings. The number of carbonyl (C=O) groups is 1. The number of alkyl halides is 3. The summed E-state index contributed by atoms with van der Waals surface area (Å²) < 4.78 is 85.7. The van der Waals surface area contributed by atoms with Crippen molar-refractivity contribution in [2.75, 3.05) is 11.6 Å². The summed E-state index contributed by atoms with van der Waals surface area (Å²) in [6.45, 7) is 3.96. The molecule has 0 aliphatic heterocycles. The number of hydrogen-bond acceptors (Lipinski definition) is 7. The zero-order valence-electron chi connectivity index (χ0n) is 21.4. The number of nitrogens with zero attached hydrogens (tertiary/aromatic N) is 2. The lowest BCUT2D eigenvalue weighted by Gasteiger charge is -2.38. The number of rotatable bonds is 6. The number of carbonyl (C=O) groups excluding carboxylic acids is 1. The first-order valence-electron chi connectivity index (χ1n) is 11.8. The molecule has 2 N–H and O–H groups in total. The Balaban J connectivity index is 1.79. The van der Waals surface area contributed by atoms with Crippen molar-refractivity contribution in [1.82, 2.24) is 10.2 Å². The first-order chi connectivity index (χ1) is 18.0. The van der Waals surface area contributed by atoms with Crippen molar-refractivity contribution in [3.63, 3.8) is 0 Å². The lowest BCUT2D eigenvalue weighted by Crippen LogP contribution is -2.35. The Morgan fingerprint density at radius 2 is 1.77 bits per heavy atom. The highest BCUT2D eigenvalue weighted by Gasteiger charge is 2.40.